The van der Waals surface area contributed by atoms with Gasteiger partial charge < -0.3 is 10.1 Å². The molecule has 0 saturated carbocycles. The first kappa shape index (κ1) is 10.4. The fraction of sp³-hybridized carbons (Fsp3) is 0.875. The van der Waals surface area contributed by atoms with Crippen molar-refractivity contribution in [2.45, 2.75) is 26.3 Å². The van der Waals surface area contributed by atoms with Crippen molar-refractivity contribution < 1.29 is 9.53 Å². The van der Waals surface area contributed by atoms with Gasteiger partial charge in [-0.05, 0) is 13.0 Å². The van der Waals surface area contributed by atoms with Crippen LogP contribution in [0.4, 0.5) is 0 Å². The van der Waals surface area contributed by atoms with Gasteiger partial charge in [-0.25, -0.2) is 0 Å². The van der Waals surface area contributed by atoms with E-state index in [0.29, 0.717) is 12.3 Å². The Morgan fingerprint density at radius 1 is 1.55 bits per heavy atom. The molecule has 3 nitrogen and oxygen atoms in total. The topological polar surface area (TPSA) is 38.3 Å². The van der Waals surface area contributed by atoms with Crippen LogP contribution in [0.1, 0.15) is 20.3 Å². The number of carbonyl (C=O) groups excluding carboxylic acids is 1. The zero-order valence-corrected chi connectivity index (χ0v) is 7.68. The highest BCUT2D eigenvalue weighted by Crippen LogP contribution is 2.05. The van der Waals surface area contributed by atoms with Crippen molar-refractivity contribution in [3.05, 3.63) is 0 Å². The van der Waals surface area contributed by atoms with Crippen LogP contribution in [0, 0.1) is 5.92 Å². The van der Waals surface area contributed by atoms with Gasteiger partial charge in [-0.15, -0.1) is 0 Å². The van der Waals surface area contributed by atoms with Crippen LogP contribution in [0.25, 0.3) is 0 Å². The van der Waals surface area contributed by atoms with Crippen LogP contribution in [0.2, 0.25) is 0 Å². The number of esters is 1. The first-order valence-electron chi connectivity index (χ1n) is 3.86. The normalized spacial score (nSPS) is 13.2. The Morgan fingerprint density at radius 2 is 2.09 bits per heavy atom. The molecule has 0 rings (SSSR count). The van der Waals surface area contributed by atoms with Crippen molar-refractivity contribution in [3.63, 3.8) is 0 Å². The molecule has 0 aliphatic rings. The molecule has 0 aromatic carbocycles. The molecule has 0 aliphatic carbocycles. The molecule has 11 heavy (non-hydrogen) atoms. The molecule has 0 bridgehead atoms. The second-order valence-corrected chi connectivity index (χ2v) is 2.92. The fourth-order valence-corrected chi connectivity index (χ4v) is 0.934. The third-order valence-corrected chi connectivity index (χ3v) is 1.79. The molecule has 66 valence electrons. The lowest BCUT2D eigenvalue weighted by atomic mass is 10.0. The molecule has 0 saturated heterocycles. The third kappa shape index (κ3) is 3.98. The lowest BCUT2D eigenvalue weighted by Gasteiger charge is -2.18. The van der Waals surface area contributed by atoms with Gasteiger partial charge in [0.1, 0.15) is 0 Å². The van der Waals surface area contributed by atoms with Crippen LogP contribution in [0.3, 0.4) is 0 Å². The van der Waals surface area contributed by atoms with Gasteiger partial charge in [-0.3, -0.25) is 4.79 Å². The van der Waals surface area contributed by atoms with Gasteiger partial charge in [-0.1, -0.05) is 13.8 Å². The monoisotopic (exact) mass is 159 g/mol. The summed E-state index contributed by atoms with van der Waals surface area (Å²) in [6.07, 6.45) is 0.449. The van der Waals surface area contributed by atoms with E-state index in [4.69, 9.17) is 0 Å². The van der Waals surface area contributed by atoms with Gasteiger partial charge in [0.15, 0.2) is 0 Å². The molecule has 1 N–H and O–H groups in total. The third-order valence-electron chi connectivity index (χ3n) is 1.79. The van der Waals surface area contributed by atoms with Crippen molar-refractivity contribution in [3.8, 4) is 0 Å². The maximum atomic E-state index is 10.8. The summed E-state index contributed by atoms with van der Waals surface area (Å²) in [5.41, 5.74) is 0. The minimum absolute atomic E-state index is 0.155. The highest BCUT2D eigenvalue weighted by atomic mass is 16.5. The Labute approximate surface area is 68.1 Å². The molecule has 0 aliphatic heterocycles. The molecular formula is C8H17NO2. The summed E-state index contributed by atoms with van der Waals surface area (Å²) in [5, 5.41) is 3.07. The zero-order valence-electron chi connectivity index (χ0n) is 7.68. The van der Waals surface area contributed by atoms with Gasteiger partial charge in [-0.2, -0.15) is 0 Å². The molecule has 0 unspecified atom stereocenters. The summed E-state index contributed by atoms with van der Waals surface area (Å²) in [6.45, 7) is 4.15. The number of ether oxygens (including phenoxy) is 1. The van der Waals surface area contributed by atoms with Crippen molar-refractivity contribution >= 4 is 5.97 Å². The predicted molar refractivity (Wildman–Crippen MR) is 44.3 cm³/mol. The Hall–Kier alpha value is -0.570. The predicted octanol–water partition coefficient (Wildman–Crippen LogP) is 0.793. The Kier molecular flexibility index (Phi) is 4.86. The number of hydrogen-bond donors (Lipinski definition) is 1. The molecule has 1 atom stereocenters. The number of methoxy groups -OCH3 is 1. The largest absolute Gasteiger partial charge is 0.469 e. The minimum Gasteiger partial charge on any atom is -0.469 e. The lowest BCUT2D eigenvalue weighted by Crippen LogP contribution is -2.33. The molecule has 3 heteroatoms. The van der Waals surface area contributed by atoms with E-state index < -0.39 is 0 Å². The maximum Gasteiger partial charge on any atom is 0.307 e. The van der Waals surface area contributed by atoms with Gasteiger partial charge in [0, 0.05) is 6.04 Å². The SMILES string of the molecule is CN[C@H](CC(=O)OC)C(C)C. The van der Waals surface area contributed by atoms with Gasteiger partial charge in [0.05, 0.1) is 13.5 Å². The first-order valence-corrected chi connectivity index (χ1v) is 3.86. The Morgan fingerprint density at radius 3 is 2.36 bits per heavy atom. The van der Waals surface area contributed by atoms with Crippen LogP contribution in [-0.2, 0) is 9.53 Å². The lowest BCUT2D eigenvalue weighted by molar-refractivity contribution is -0.141. The van der Waals surface area contributed by atoms with Gasteiger partial charge in [0.2, 0.25) is 0 Å². The zero-order chi connectivity index (χ0) is 8.85. The molecule has 0 heterocycles. The smallest absolute Gasteiger partial charge is 0.307 e. The van der Waals surface area contributed by atoms with Crippen LogP contribution < -0.4 is 5.32 Å². The quantitative estimate of drug-likeness (QED) is 0.616. The summed E-state index contributed by atoms with van der Waals surface area (Å²) in [5.74, 6) is 0.303. The van der Waals surface area contributed by atoms with Crippen LogP contribution in [0.5, 0.6) is 0 Å². The van der Waals surface area contributed by atoms with E-state index in [0.717, 1.165) is 0 Å². The van der Waals surface area contributed by atoms with Crippen molar-refractivity contribution in [1.82, 2.24) is 5.32 Å². The number of nitrogens with one attached hydrogen (secondary N) is 1. The minimum atomic E-state index is -0.155. The molecule has 0 spiro atoms. The average molecular weight is 159 g/mol. The van der Waals surface area contributed by atoms with Crippen molar-refractivity contribution in [2.75, 3.05) is 14.2 Å². The second-order valence-electron chi connectivity index (χ2n) is 2.92. The summed E-state index contributed by atoms with van der Waals surface area (Å²) < 4.78 is 4.55. The molecule has 0 fully saturated rings. The standard InChI is InChI=1S/C8H17NO2/c1-6(2)7(9-3)5-8(10)11-4/h6-7,9H,5H2,1-4H3/t7-/m1/s1. The summed E-state index contributed by atoms with van der Waals surface area (Å²) >= 11 is 0. The number of hydrogen-bond acceptors (Lipinski definition) is 3. The fourth-order valence-electron chi connectivity index (χ4n) is 0.934. The van der Waals surface area contributed by atoms with Crippen LogP contribution in [0.15, 0.2) is 0 Å². The molecule has 0 aromatic rings. The van der Waals surface area contributed by atoms with Crippen molar-refractivity contribution in [2.24, 2.45) is 5.92 Å². The van der Waals surface area contributed by atoms with Gasteiger partial charge >= 0.3 is 5.97 Å². The average Bonchev–Trinajstić information content (AvgIpc) is 1.99. The van der Waals surface area contributed by atoms with Crippen LogP contribution in [-0.4, -0.2) is 26.2 Å². The molecule has 0 radical (unpaired) electrons. The highest BCUT2D eigenvalue weighted by Gasteiger charge is 2.14. The first-order chi connectivity index (χ1) is 5.11. The Balaban J connectivity index is 3.78. The highest BCUT2D eigenvalue weighted by molar-refractivity contribution is 5.69. The molecule has 0 amide bonds. The number of carbonyl (C=O) groups is 1. The van der Waals surface area contributed by atoms with E-state index in [1.54, 1.807) is 0 Å². The van der Waals surface area contributed by atoms with Crippen LogP contribution >= 0.6 is 0 Å². The van der Waals surface area contributed by atoms with E-state index in [1.165, 1.54) is 7.11 Å². The van der Waals surface area contributed by atoms with E-state index in [1.807, 2.05) is 7.05 Å². The maximum absolute atomic E-state index is 10.8. The van der Waals surface area contributed by atoms with E-state index in [2.05, 4.69) is 23.9 Å². The Bertz CT molecular complexity index is 123. The summed E-state index contributed by atoms with van der Waals surface area (Å²) in [7, 11) is 3.27. The second kappa shape index (κ2) is 5.13. The van der Waals surface area contributed by atoms with E-state index in [-0.39, 0.29) is 12.0 Å². The van der Waals surface area contributed by atoms with Crippen molar-refractivity contribution in [1.29, 1.82) is 0 Å². The summed E-state index contributed by atoms with van der Waals surface area (Å²) in [6, 6.07) is 0.224. The van der Waals surface area contributed by atoms with Gasteiger partial charge in [0.25, 0.3) is 0 Å². The molecular weight excluding hydrogens is 142 g/mol. The summed E-state index contributed by atoms with van der Waals surface area (Å²) in [4.78, 5) is 10.8. The molecule has 0 aromatic heterocycles. The van der Waals surface area contributed by atoms with E-state index in [9.17, 15) is 4.79 Å². The van der Waals surface area contributed by atoms with E-state index >= 15 is 0 Å². The number of rotatable bonds is 4.